The third kappa shape index (κ3) is 3.90. The van der Waals surface area contributed by atoms with Crippen molar-refractivity contribution in [2.75, 3.05) is 19.0 Å². The van der Waals surface area contributed by atoms with E-state index in [2.05, 4.69) is 5.43 Å². The first-order valence-electron chi connectivity index (χ1n) is 6.21. The van der Waals surface area contributed by atoms with Crippen molar-refractivity contribution in [3.05, 3.63) is 28.3 Å². The minimum Gasteiger partial charge on any atom is -0.318 e. The number of rotatable bonds is 5. The Morgan fingerprint density at radius 1 is 1.38 bits per heavy atom. The molecule has 0 aliphatic rings. The fraction of sp³-hybridized carbons (Fsp3) is 0.500. The summed E-state index contributed by atoms with van der Waals surface area (Å²) in [5.74, 6) is 5.22. The van der Waals surface area contributed by atoms with Gasteiger partial charge in [-0.2, -0.15) is 0 Å². The lowest BCUT2D eigenvalue weighted by molar-refractivity contribution is -0.386. The van der Waals surface area contributed by atoms with Gasteiger partial charge in [0.2, 0.25) is 10.0 Å². The van der Waals surface area contributed by atoms with Gasteiger partial charge in [-0.1, -0.05) is 26.8 Å². The molecule has 0 heterocycles. The SMILES string of the molecule is CN(CC(C)(C)C)S(=O)(=O)c1cccc(NN)c1[N+](=O)[O-]. The Morgan fingerprint density at radius 3 is 2.38 bits per heavy atom. The van der Waals surface area contributed by atoms with Crippen LogP contribution >= 0.6 is 0 Å². The molecule has 1 aromatic rings. The molecule has 0 aliphatic carbocycles. The monoisotopic (exact) mass is 316 g/mol. The quantitative estimate of drug-likeness (QED) is 0.483. The van der Waals surface area contributed by atoms with Crippen molar-refractivity contribution in [1.29, 1.82) is 0 Å². The number of nitrogens with two attached hydrogens (primary N) is 1. The minimum absolute atomic E-state index is 0.0507. The molecule has 1 rings (SSSR count). The van der Waals surface area contributed by atoms with Crippen LogP contribution in [-0.4, -0.2) is 31.2 Å². The second-order valence-electron chi connectivity index (χ2n) is 5.88. The molecule has 0 saturated carbocycles. The standard InChI is InChI=1S/C12H20N4O4S/c1-12(2,3)8-15(4)21(19,20)10-7-5-6-9(14-13)11(10)16(17)18/h5-7,14H,8,13H2,1-4H3. The fourth-order valence-electron chi connectivity index (χ4n) is 1.96. The lowest BCUT2D eigenvalue weighted by Gasteiger charge is -2.26. The summed E-state index contributed by atoms with van der Waals surface area (Å²) in [6.45, 7) is 5.87. The van der Waals surface area contributed by atoms with E-state index in [1.807, 2.05) is 20.8 Å². The van der Waals surface area contributed by atoms with Crippen LogP contribution in [0.1, 0.15) is 20.8 Å². The molecule has 0 spiro atoms. The average molecular weight is 316 g/mol. The maximum absolute atomic E-state index is 12.6. The van der Waals surface area contributed by atoms with Crippen LogP contribution in [0.3, 0.4) is 0 Å². The van der Waals surface area contributed by atoms with Gasteiger partial charge in [-0.15, -0.1) is 0 Å². The van der Waals surface area contributed by atoms with Crippen molar-refractivity contribution in [3.63, 3.8) is 0 Å². The fourth-order valence-corrected chi connectivity index (χ4v) is 3.53. The van der Waals surface area contributed by atoms with E-state index in [-0.39, 0.29) is 22.5 Å². The van der Waals surface area contributed by atoms with Gasteiger partial charge in [-0.05, 0) is 17.5 Å². The molecule has 0 bridgehead atoms. The zero-order valence-corrected chi connectivity index (χ0v) is 13.3. The van der Waals surface area contributed by atoms with Crippen LogP contribution in [0, 0.1) is 15.5 Å². The first-order chi connectivity index (χ1) is 9.50. The topological polar surface area (TPSA) is 119 Å². The molecule has 0 atom stereocenters. The van der Waals surface area contributed by atoms with Crippen LogP contribution < -0.4 is 11.3 Å². The van der Waals surface area contributed by atoms with E-state index in [0.29, 0.717) is 0 Å². The van der Waals surface area contributed by atoms with Crippen molar-refractivity contribution >= 4 is 21.4 Å². The first kappa shape index (κ1) is 17.3. The van der Waals surface area contributed by atoms with E-state index in [1.165, 1.54) is 25.2 Å². The summed E-state index contributed by atoms with van der Waals surface area (Å²) in [5.41, 5.74) is 1.27. The molecule has 0 unspecified atom stereocenters. The first-order valence-corrected chi connectivity index (χ1v) is 7.65. The van der Waals surface area contributed by atoms with Crippen molar-refractivity contribution in [2.45, 2.75) is 25.7 Å². The van der Waals surface area contributed by atoms with Gasteiger partial charge in [-0.25, -0.2) is 12.7 Å². The number of nitrogens with zero attached hydrogens (tertiary/aromatic N) is 2. The van der Waals surface area contributed by atoms with Gasteiger partial charge in [0, 0.05) is 13.6 Å². The Labute approximate surface area is 124 Å². The van der Waals surface area contributed by atoms with Crippen LogP contribution in [0.15, 0.2) is 23.1 Å². The smallest absolute Gasteiger partial charge is 0.313 e. The lowest BCUT2D eigenvalue weighted by Crippen LogP contribution is -2.35. The average Bonchev–Trinajstić information content (AvgIpc) is 2.35. The zero-order chi connectivity index (χ0) is 16.4. The number of hydrogen-bond acceptors (Lipinski definition) is 6. The minimum atomic E-state index is -3.98. The molecule has 21 heavy (non-hydrogen) atoms. The lowest BCUT2D eigenvalue weighted by atomic mass is 9.97. The highest BCUT2D eigenvalue weighted by Gasteiger charge is 2.33. The molecule has 0 radical (unpaired) electrons. The zero-order valence-electron chi connectivity index (χ0n) is 12.5. The largest absolute Gasteiger partial charge is 0.318 e. The van der Waals surface area contributed by atoms with E-state index in [1.54, 1.807) is 0 Å². The van der Waals surface area contributed by atoms with Gasteiger partial charge in [-0.3, -0.25) is 16.0 Å². The molecule has 0 fully saturated rings. The number of anilines is 1. The number of nitrogens with one attached hydrogen (secondary N) is 1. The molecule has 8 nitrogen and oxygen atoms in total. The summed E-state index contributed by atoms with van der Waals surface area (Å²) in [6.07, 6.45) is 0. The number of para-hydroxylation sites is 1. The molecule has 9 heteroatoms. The summed E-state index contributed by atoms with van der Waals surface area (Å²) < 4.78 is 26.2. The number of sulfonamides is 1. The van der Waals surface area contributed by atoms with Gasteiger partial charge in [0.15, 0.2) is 4.90 Å². The summed E-state index contributed by atoms with van der Waals surface area (Å²) in [6, 6.07) is 3.95. The normalized spacial score (nSPS) is 12.5. The number of nitro benzene ring substituents is 1. The van der Waals surface area contributed by atoms with Crippen LogP contribution in [-0.2, 0) is 10.0 Å². The summed E-state index contributed by atoms with van der Waals surface area (Å²) >= 11 is 0. The Bertz CT molecular complexity index is 637. The van der Waals surface area contributed by atoms with Crippen LogP contribution in [0.5, 0.6) is 0 Å². The predicted molar refractivity (Wildman–Crippen MR) is 80.2 cm³/mol. The van der Waals surface area contributed by atoms with E-state index in [0.717, 1.165) is 4.31 Å². The van der Waals surface area contributed by atoms with Gasteiger partial charge in [0.1, 0.15) is 5.69 Å². The molecule has 0 aromatic heterocycles. The van der Waals surface area contributed by atoms with E-state index >= 15 is 0 Å². The van der Waals surface area contributed by atoms with Gasteiger partial charge in [0.25, 0.3) is 0 Å². The maximum atomic E-state index is 12.6. The Balaban J connectivity index is 3.42. The van der Waals surface area contributed by atoms with Gasteiger partial charge >= 0.3 is 5.69 Å². The Hall–Kier alpha value is -1.71. The van der Waals surface area contributed by atoms with Crippen LogP contribution in [0.4, 0.5) is 11.4 Å². The second-order valence-corrected chi connectivity index (χ2v) is 7.89. The predicted octanol–water partition coefficient (Wildman–Crippen LogP) is 1.55. The third-order valence-corrected chi connectivity index (χ3v) is 4.56. The van der Waals surface area contributed by atoms with E-state index < -0.39 is 20.6 Å². The van der Waals surface area contributed by atoms with Crippen LogP contribution in [0.2, 0.25) is 0 Å². The van der Waals surface area contributed by atoms with Crippen LogP contribution in [0.25, 0.3) is 0 Å². The molecule has 0 saturated heterocycles. The Morgan fingerprint density at radius 2 is 1.95 bits per heavy atom. The number of benzene rings is 1. The van der Waals surface area contributed by atoms with Crippen molar-refractivity contribution in [2.24, 2.45) is 11.3 Å². The molecule has 0 amide bonds. The highest BCUT2D eigenvalue weighted by atomic mass is 32.2. The highest BCUT2D eigenvalue weighted by Crippen LogP contribution is 2.33. The Kier molecular flexibility index (Phi) is 4.92. The number of nitro groups is 1. The van der Waals surface area contributed by atoms with Crippen molar-refractivity contribution in [1.82, 2.24) is 4.31 Å². The molecule has 3 N–H and O–H groups in total. The summed E-state index contributed by atoms with van der Waals surface area (Å²) in [5, 5.41) is 11.2. The van der Waals surface area contributed by atoms with Gasteiger partial charge < -0.3 is 5.43 Å². The van der Waals surface area contributed by atoms with Crippen molar-refractivity contribution < 1.29 is 13.3 Å². The molecule has 0 aliphatic heterocycles. The summed E-state index contributed by atoms with van der Waals surface area (Å²) in [7, 11) is -2.59. The number of nitrogen functional groups attached to an aromatic ring is 1. The van der Waals surface area contributed by atoms with Gasteiger partial charge in [0.05, 0.1) is 4.92 Å². The molecule has 118 valence electrons. The highest BCUT2D eigenvalue weighted by molar-refractivity contribution is 7.89. The van der Waals surface area contributed by atoms with E-state index in [4.69, 9.17) is 5.84 Å². The third-order valence-electron chi connectivity index (χ3n) is 2.72. The van der Waals surface area contributed by atoms with Crippen molar-refractivity contribution in [3.8, 4) is 0 Å². The molecular weight excluding hydrogens is 296 g/mol. The second kappa shape index (κ2) is 5.96. The summed E-state index contributed by atoms with van der Waals surface area (Å²) in [4.78, 5) is 10.0. The number of hydrazine groups is 1. The molecular formula is C12H20N4O4S. The van der Waals surface area contributed by atoms with E-state index in [9.17, 15) is 18.5 Å². The maximum Gasteiger partial charge on any atom is 0.313 e. The molecule has 1 aromatic carbocycles. The number of hydrogen-bond donors (Lipinski definition) is 2.